The van der Waals surface area contributed by atoms with Crippen LogP contribution in [0.3, 0.4) is 0 Å². The van der Waals surface area contributed by atoms with E-state index in [9.17, 15) is 10.1 Å². The molecule has 2 aromatic carbocycles. The monoisotopic (exact) mass is 392 g/mol. The van der Waals surface area contributed by atoms with Gasteiger partial charge >= 0.3 is 5.69 Å². The van der Waals surface area contributed by atoms with Crippen molar-refractivity contribution in [1.29, 1.82) is 0 Å². The highest BCUT2D eigenvalue weighted by Gasteiger charge is 2.20. The molecule has 0 aliphatic heterocycles. The number of pyridine rings is 1. The Morgan fingerprint density at radius 3 is 2.57 bits per heavy atom. The number of fused-ring (bicyclic) bond motifs is 1. The van der Waals surface area contributed by atoms with E-state index in [0.717, 1.165) is 3.57 Å². The SMILES string of the molecule is O=[N+]([O-])c1cnc2ccccc2c1Oc1ccccc1I. The van der Waals surface area contributed by atoms with E-state index in [-0.39, 0.29) is 11.4 Å². The number of halogens is 1. The van der Waals surface area contributed by atoms with Crippen molar-refractivity contribution < 1.29 is 9.66 Å². The normalized spacial score (nSPS) is 10.5. The number of para-hydroxylation sites is 2. The Bertz CT molecular complexity index is 836. The maximum Gasteiger partial charge on any atom is 0.330 e. The number of ether oxygens (including phenoxy) is 1. The molecular formula is C15H9IN2O3. The molecule has 6 heteroatoms. The standard InChI is InChI=1S/C15H9IN2O3/c16-11-6-2-4-8-14(11)21-15-10-5-1-3-7-12(10)17-9-13(15)18(19)20/h1-9H. The molecule has 1 aromatic heterocycles. The van der Waals surface area contributed by atoms with Crippen LogP contribution in [0.15, 0.2) is 54.7 Å². The molecule has 0 aliphatic carbocycles. The zero-order valence-corrected chi connectivity index (χ0v) is 12.9. The van der Waals surface area contributed by atoms with Crippen molar-refractivity contribution in [2.45, 2.75) is 0 Å². The summed E-state index contributed by atoms with van der Waals surface area (Å²) in [7, 11) is 0. The molecule has 0 aliphatic rings. The predicted molar refractivity (Wildman–Crippen MR) is 87.6 cm³/mol. The Labute approximate surface area is 133 Å². The Morgan fingerprint density at radius 1 is 1.10 bits per heavy atom. The van der Waals surface area contributed by atoms with Crippen LogP contribution in [-0.4, -0.2) is 9.91 Å². The van der Waals surface area contributed by atoms with Gasteiger partial charge in [-0.3, -0.25) is 10.1 Å². The lowest BCUT2D eigenvalue weighted by molar-refractivity contribution is -0.385. The molecule has 0 atom stereocenters. The average molecular weight is 392 g/mol. The fraction of sp³-hybridized carbons (Fsp3) is 0. The Morgan fingerprint density at radius 2 is 1.81 bits per heavy atom. The molecule has 0 radical (unpaired) electrons. The van der Waals surface area contributed by atoms with Crippen molar-refractivity contribution in [2.75, 3.05) is 0 Å². The van der Waals surface area contributed by atoms with E-state index in [1.165, 1.54) is 6.20 Å². The van der Waals surface area contributed by atoms with Crippen molar-refractivity contribution in [1.82, 2.24) is 4.98 Å². The lowest BCUT2D eigenvalue weighted by Crippen LogP contribution is -1.97. The largest absolute Gasteiger partial charge is 0.448 e. The summed E-state index contributed by atoms with van der Waals surface area (Å²) in [4.78, 5) is 14.8. The van der Waals surface area contributed by atoms with E-state index in [1.54, 1.807) is 24.3 Å². The Balaban J connectivity index is 2.21. The van der Waals surface area contributed by atoms with Crippen LogP contribution in [0.4, 0.5) is 5.69 Å². The number of nitro groups is 1. The van der Waals surface area contributed by atoms with Crippen LogP contribution >= 0.6 is 22.6 Å². The minimum absolute atomic E-state index is 0.145. The summed E-state index contributed by atoms with van der Waals surface area (Å²) in [5, 5.41) is 11.8. The molecule has 0 spiro atoms. The molecule has 5 nitrogen and oxygen atoms in total. The average Bonchev–Trinajstić information content (AvgIpc) is 2.49. The van der Waals surface area contributed by atoms with E-state index in [4.69, 9.17) is 4.74 Å². The second kappa shape index (κ2) is 5.65. The van der Waals surface area contributed by atoms with Crippen molar-refractivity contribution >= 4 is 39.2 Å². The number of benzene rings is 2. The summed E-state index contributed by atoms with van der Waals surface area (Å²) in [6.07, 6.45) is 1.23. The van der Waals surface area contributed by atoms with Gasteiger partial charge in [-0.25, -0.2) is 4.98 Å². The molecule has 104 valence electrons. The highest BCUT2D eigenvalue weighted by atomic mass is 127. The van der Waals surface area contributed by atoms with Gasteiger partial charge in [-0.1, -0.05) is 24.3 Å². The minimum atomic E-state index is -0.482. The number of rotatable bonds is 3. The zero-order valence-electron chi connectivity index (χ0n) is 10.7. The lowest BCUT2D eigenvalue weighted by Gasteiger charge is -2.10. The van der Waals surface area contributed by atoms with E-state index in [2.05, 4.69) is 27.6 Å². The molecule has 0 N–H and O–H groups in total. The molecule has 0 bridgehead atoms. The van der Waals surface area contributed by atoms with Gasteiger partial charge in [0.05, 0.1) is 19.4 Å². The molecule has 0 saturated heterocycles. The fourth-order valence-electron chi connectivity index (χ4n) is 1.98. The number of hydrogen-bond donors (Lipinski definition) is 0. The van der Waals surface area contributed by atoms with Crippen LogP contribution in [0.1, 0.15) is 0 Å². The lowest BCUT2D eigenvalue weighted by atomic mass is 10.2. The van der Waals surface area contributed by atoms with E-state index >= 15 is 0 Å². The van der Waals surface area contributed by atoms with Crippen LogP contribution < -0.4 is 4.74 Å². The van der Waals surface area contributed by atoms with Gasteiger partial charge in [0.1, 0.15) is 11.9 Å². The Hall–Kier alpha value is -2.22. The first kappa shape index (κ1) is 13.7. The van der Waals surface area contributed by atoms with E-state index in [1.807, 2.05) is 24.3 Å². The van der Waals surface area contributed by atoms with Crippen molar-refractivity contribution in [3.05, 3.63) is 68.4 Å². The summed E-state index contributed by atoms with van der Waals surface area (Å²) >= 11 is 2.13. The molecule has 3 aromatic rings. The second-order valence-electron chi connectivity index (χ2n) is 4.28. The first-order valence-electron chi connectivity index (χ1n) is 6.11. The summed E-state index contributed by atoms with van der Waals surface area (Å²) in [5.74, 6) is 0.798. The third kappa shape index (κ3) is 2.66. The van der Waals surface area contributed by atoms with Crippen molar-refractivity contribution in [3.63, 3.8) is 0 Å². The predicted octanol–water partition coefficient (Wildman–Crippen LogP) is 4.54. The molecule has 0 unspecified atom stereocenters. The smallest absolute Gasteiger partial charge is 0.330 e. The molecule has 21 heavy (non-hydrogen) atoms. The summed E-state index contributed by atoms with van der Waals surface area (Å²) in [5.41, 5.74) is 0.511. The van der Waals surface area contributed by atoms with E-state index in [0.29, 0.717) is 16.7 Å². The minimum Gasteiger partial charge on any atom is -0.448 e. The van der Waals surface area contributed by atoms with Crippen molar-refractivity contribution in [2.24, 2.45) is 0 Å². The van der Waals surface area contributed by atoms with Gasteiger partial charge in [0, 0.05) is 0 Å². The van der Waals surface area contributed by atoms with Gasteiger partial charge in [-0.2, -0.15) is 0 Å². The Kier molecular flexibility index (Phi) is 3.70. The zero-order chi connectivity index (χ0) is 14.8. The first-order chi connectivity index (χ1) is 10.2. The molecule has 1 heterocycles. The number of hydrogen-bond acceptors (Lipinski definition) is 4. The molecule has 3 rings (SSSR count). The quantitative estimate of drug-likeness (QED) is 0.373. The van der Waals surface area contributed by atoms with E-state index < -0.39 is 4.92 Å². The summed E-state index contributed by atoms with van der Waals surface area (Å²) in [6.45, 7) is 0. The maximum atomic E-state index is 11.2. The third-order valence-electron chi connectivity index (χ3n) is 2.95. The first-order valence-corrected chi connectivity index (χ1v) is 7.19. The highest BCUT2D eigenvalue weighted by Crippen LogP contribution is 2.38. The van der Waals surface area contributed by atoms with Crippen LogP contribution in [0.5, 0.6) is 11.5 Å². The van der Waals surface area contributed by atoms with Crippen LogP contribution in [0.2, 0.25) is 0 Å². The molecule has 0 saturated carbocycles. The fourth-order valence-corrected chi connectivity index (χ4v) is 2.48. The number of nitrogens with zero attached hydrogens (tertiary/aromatic N) is 2. The third-order valence-corrected chi connectivity index (χ3v) is 3.84. The molecular weight excluding hydrogens is 383 g/mol. The van der Waals surface area contributed by atoms with Gasteiger partial charge in [-0.15, -0.1) is 0 Å². The van der Waals surface area contributed by atoms with Crippen LogP contribution in [-0.2, 0) is 0 Å². The van der Waals surface area contributed by atoms with Crippen LogP contribution in [0, 0.1) is 13.7 Å². The van der Waals surface area contributed by atoms with Gasteiger partial charge in [0.15, 0.2) is 0 Å². The van der Waals surface area contributed by atoms with Gasteiger partial charge in [0.2, 0.25) is 5.75 Å². The number of aromatic nitrogens is 1. The van der Waals surface area contributed by atoms with Gasteiger partial charge < -0.3 is 4.74 Å². The molecule has 0 amide bonds. The van der Waals surface area contributed by atoms with Gasteiger partial charge in [-0.05, 0) is 46.9 Å². The second-order valence-corrected chi connectivity index (χ2v) is 5.44. The highest BCUT2D eigenvalue weighted by molar-refractivity contribution is 14.1. The summed E-state index contributed by atoms with van der Waals surface area (Å²) in [6, 6.07) is 14.6. The van der Waals surface area contributed by atoms with Crippen molar-refractivity contribution in [3.8, 4) is 11.5 Å². The molecule has 0 fully saturated rings. The maximum absolute atomic E-state index is 11.2. The summed E-state index contributed by atoms with van der Waals surface area (Å²) < 4.78 is 6.71. The topological polar surface area (TPSA) is 65.3 Å². The van der Waals surface area contributed by atoms with Gasteiger partial charge in [0.25, 0.3) is 0 Å². The van der Waals surface area contributed by atoms with Crippen LogP contribution in [0.25, 0.3) is 10.9 Å².